The summed E-state index contributed by atoms with van der Waals surface area (Å²) in [6.45, 7) is 4.17. The van der Waals surface area contributed by atoms with Gasteiger partial charge >= 0.3 is 0 Å². The molecule has 186 valence electrons. The lowest BCUT2D eigenvalue weighted by Gasteiger charge is -2.36. The van der Waals surface area contributed by atoms with Crippen molar-refractivity contribution in [2.45, 2.75) is 24.8 Å². The van der Waals surface area contributed by atoms with E-state index in [1.54, 1.807) is 35.4 Å². The summed E-state index contributed by atoms with van der Waals surface area (Å²) in [4.78, 5) is 51.9. The summed E-state index contributed by atoms with van der Waals surface area (Å²) in [7, 11) is 3.78. The predicted molar refractivity (Wildman–Crippen MR) is 134 cm³/mol. The maximum atomic E-state index is 13.7. The molecule has 8 nitrogen and oxygen atoms in total. The molecule has 35 heavy (non-hydrogen) atoms. The van der Waals surface area contributed by atoms with Gasteiger partial charge in [0, 0.05) is 69.9 Å². The van der Waals surface area contributed by atoms with Crippen LogP contribution < -0.4 is 0 Å². The second kappa shape index (κ2) is 10.8. The highest BCUT2D eigenvalue weighted by Crippen LogP contribution is 2.43. The minimum Gasteiger partial charge on any atom is -0.340 e. The lowest BCUT2D eigenvalue weighted by atomic mass is 9.75. The van der Waals surface area contributed by atoms with Crippen LogP contribution in [0.5, 0.6) is 0 Å². The first-order valence-corrected chi connectivity index (χ1v) is 12.3. The number of likely N-dealkylation sites (tertiary alicyclic amines) is 1. The highest BCUT2D eigenvalue weighted by Gasteiger charge is 2.54. The molecule has 9 heteroatoms. The molecular formula is C26H32ClN5O3. The molecule has 4 rings (SSSR count). The van der Waals surface area contributed by atoms with Gasteiger partial charge in [-0.3, -0.25) is 29.2 Å². The maximum absolute atomic E-state index is 13.7. The number of carbonyl (C=O) groups excluding carboxylic acids is 3. The molecule has 2 aliphatic rings. The van der Waals surface area contributed by atoms with Crippen LogP contribution in [-0.2, 0) is 26.3 Å². The molecule has 0 N–H and O–H groups in total. The first-order chi connectivity index (χ1) is 16.8. The number of hydrogen-bond donors (Lipinski definition) is 0. The largest absolute Gasteiger partial charge is 0.340 e. The van der Waals surface area contributed by atoms with Gasteiger partial charge in [0.05, 0.1) is 11.1 Å². The summed E-state index contributed by atoms with van der Waals surface area (Å²) in [5.74, 6) is -0.720. The van der Waals surface area contributed by atoms with E-state index in [4.69, 9.17) is 11.6 Å². The second-order valence-corrected chi connectivity index (χ2v) is 9.95. The molecule has 0 unspecified atom stereocenters. The Balaban J connectivity index is 1.49. The summed E-state index contributed by atoms with van der Waals surface area (Å²) in [5, 5.41) is 0.399. The zero-order chi connectivity index (χ0) is 25.0. The van der Waals surface area contributed by atoms with E-state index < -0.39 is 5.41 Å². The number of nitrogens with zero attached hydrogens (tertiary/aromatic N) is 5. The van der Waals surface area contributed by atoms with Gasteiger partial charge in [0.1, 0.15) is 0 Å². The van der Waals surface area contributed by atoms with Gasteiger partial charge in [-0.2, -0.15) is 0 Å². The number of aromatic nitrogens is 1. The molecular weight excluding hydrogens is 466 g/mol. The summed E-state index contributed by atoms with van der Waals surface area (Å²) in [6, 6.07) is 12.9. The molecule has 1 atom stereocenters. The summed E-state index contributed by atoms with van der Waals surface area (Å²) >= 11 is 6.52. The SMILES string of the molecule is CN(C)CCN1C(=O)C[C@@](CC(=O)N2CCN(Cc3ccccn3)CC2)(c2ccccc2Cl)C1=O. The second-order valence-electron chi connectivity index (χ2n) is 9.55. The van der Waals surface area contributed by atoms with E-state index in [1.165, 1.54) is 4.90 Å². The average molecular weight is 498 g/mol. The topological polar surface area (TPSA) is 77.1 Å². The summed E-state index contributed by atoms with van der Waals surface area (Å²) in [6.07, 6.45) is 1.67. The highest BCUT2D eigenvalue weighted by atomic mass is 35.5. The normalized spacial score (nSPS) is 21.3. The number of hydrogen-bond acceptors (Lipinski definition) is 6. The Hall–Kier alpha value is -2.81. The molecule has 1 aromatic heterocycles. The first kappa shape index (κ1) is 25.3. The Labute approximate surface area is 211 Å². The third kappa shape index (κ3) is 5.55. The number of imide groups is 1. The molecule has 1 aromatic carbocycles. The van der Waals surface area contributed by atoms with E-state index in [-0.39, 0.29) is 37.1 Å². The molecule has 0 radical (unpaired) electrons. The molecule has 0 bridgehead atoms. The molecule has 0 aliphatic carbocycles. The van der Waals surface area contributed by atoms with E-state index in [1.807, 2.05) is 37.2 Å². The van der Waals surface area contributed by atoms with Crippen molar-refractivity contribution in [2.75, 3.05) is 53.4 Å². The fourth-order valence-corrected chi connectivity index (χ4v) is 5.18. The van der Waals surface area contributed by atoms with Crippen molar-refractivity contribution in [1.82, 2.24) is 24.6 Å². The standard InChI is InChI=1S/C26H32ClN5O3/c1-29(2)11-16-32-24(34)18-26(25(32)35,21-8-3-4-9-22(21)27)17-23(33)31-14-12-30(13-15-31)19-20-7-5-6-10-28-20/h3-10H,11-19H2,1-2H3/t26-/m0/s1. The maximum Gasteiger partial charge on any atom is 0.240 e. The smallest absolute Gasteiger partial charge is 0.240 e. The van der Waals surface area contributed by atoms with Crippen LogP contribution in [0.1, 0.15) is 24.1 Å². The number of benzene rings is 1. The first-order valence-electron chi connectivity index (χ1n) is 11.9. The Morgan fingerprint density at radius 2 is 1.77 bits per heavy atom. The molecule has 0 spiro atoms. The van der Waals surface area contributed by atoms with Gasteiger partial charge in [0.25, 0.3) is 0 Å². The van der Waals surface area contributed by atoms with E-state index in [9.17, 15) is 14.4 Å². The van der Waals surface area contributed by atoms with Crippen molar-refractivity contribution in [3.63, 3.8) is 0 Å². The third-order valence-corrected chi connectivity index (χ3v) is 7.19. The van der Waals surface area contributed by atoms with Gasteiger partial charge in [-0.1, -0.05) is 35.9 Å². The van der Waals surface area contributed by atoms with Gasteiger partial charge in [0.2, 0.25) is 17.7 Å². The van der Waals surface area contributed by atoms with E-state index in [0.29, 0.717) is 30.2 Å². The summed E-state index contributed by atoms with van der Waals surface area (Å²) in [5.41, 5.74) is 0.275. The number of amides is 3. The van der Waals surface area contributed by atoms with Crippen LogP contribution in [0.4, 0.5) is 0 Å². The molecule has 2 fully saturated rings. The quantitative estimate of drug-likeness (QED) is 0.519. The number of likely N-dealkylation sites (N-methyl/N-ethyl adjacent to an activating group) is 1. The Morgan fingerprint density at radius 1 is 1.06 bits per heavy atom. The molecule has 3 heterocycles. The average Bonchev–Trinajstić information content (AvgIpc) is 3.08. The molecule has 3 amide bonds. The van der Waals surface area contributed by atoms with Crippen molar-refractivity contribution in [2.24, 2.45) is 0 Å². The number of pyridine rings is 1. The van der Waals surface area contributed by atoms with Crippen LogP contribution >= 0.6 is 11.6 Å². The minimum absolute atomic E-state index is 0.0472. The molecule has 2 aromatic rings. The zero-order valence-corrected chi connectivity index (χ0v) is 21.1. The lowest BCUT2D eigenvalue weighted by molar-refractivity contribution is -0.143. The monoisotopic (exact) mass is 497 g/mol. The molecule has 2 saturated heterocycles. The Kier molecular flexibility index (Phi) is 7.84. The van der Waals surface area contributed by atoms with Crippen LogP contribution in [0.2, 0.25) is 5.02 Å². The number of rotatable bonds is 8. The van der Waals surface area contributed by atoms with E-state index in [2.05, 4.69) is 9.88 Å². The van der Waals surface area contributed by atoms with E-state index in [0.717, 1.165) is 25.3 Å². The zero-order valence-electron chi connectivity index (χ0n) is 20.3. The van der Waals surface area contributed by atoms with Gasteiger partial charge in [-0.05, 0) is 37.9 Å². The fourth-order valence-electron chi connectivity index (χ4n) is 4.87. The van der Waals surface area contributed by atoms with Crippen LogP contribution in [0, 0.1) is 0 Å². The summed E-state index contributed by atoms with van der Waals surface area (Å²) < 4.78 is 0. The lowest BCUT2D eigenvalue weighted by Crippen LogP contribution is -2.51. The third-order valence-electron chi connectivity index (χ3n) is 6.86. The van der Waals surface area contributed by atoms with Gasteiger partial charge in [0.15, 0.2) is 0 Å². The van der Waals surface area contributed by atoms with Crippen LogP contribution in [0.15, 0.2) is 48.7 Å². The molecule has 0 saturated carbocycles. The van der Waals surface area contributed by atoms with Gasteiger partial charge in [-0.25, -0.2) is 0 Å². The highest BCUT2D eigenvalue weighted by molar-refractivity contribution is 6.32. The molecule has 2 aliphatic heterocycles. The van der Waals surface area contributed by atoms with Crippen molar-refractivity contribution in [3.05, 3.63) is 64.9 Å². The number of piperazine rings is 1. The Morgan fingerprint density at radius 3 is 2.43 bits per heavy atom. The number of carbonyl (C=O) groups is 3. The van der Waals surface area contributed by atoms with Crippen LogP contribution in [0.25, 0.3) is 0 Å². The van der Waals surface area contributed by atoms with Gasteiger partial charge < -0.3 is 9.80 Å². The predicted octanol–water partition coefficient (Wildman–Crippen LogP) is 2.03. The van der Waals surface area contributed by atoms with Crippen molar-refractivity contribution in [1.29, 1.82) is 0 Å². The van der Waals surface area contributed by atoms with Crippen molar-refractivity contribution in [3.8, 4) is 0 Å². The van der Waals surface area contributed by atoms with Crippen molar-refractivity contribution >= 4 is 29.3 Å². The van der Waals surface area contributed by atoms with Crippen molar-refractivity contribution < 1.29 is 14.4 Å². The number of halogens is 1. The minimum atomic E-state index is -1.27. The van der Waals surface area contributed by atoms with Gasteiger partial charge in [-0.15, -0.1) is 0 Å². The van der Waals surface area contributed by atoms with E-state index >= 15 is 0 Å². The Bertz CT molecular complexity index is 1070. The van der Waals surface area contributed by atoms with Crippen LogP contribution in [-0.4, -0.2) is 95.7 Å². The fraction of sp³-hybridized carbons (Fsp3) is 0.462. The van der Waals surface area contributed by atoms with Crippen LogP contribution in [0.3, 0.4) is 0 Å².